The average Bonchev–Trinajstić information content (AvgIpc) is 3.14. The molecule has 0 bridgehead atoms. The Bertz CT molecular complexity index is 328. The molecule has 0 aromatic carbocycles. The van der Waals surface area contributed by atoms with E-state index >= 15 is 0 Å². The number of aromatic nitrogens is 2. The van der Waals surface area contributed by atoms with E-state index in [-0.39, 0.29) is 0 Å². The predicted molar refractivity (Wildman–Crippen MR) is 58.1 cm³/mol. The van der Waals surface area contributed by atoms with Crippen LogP contribution in [-0.2, 0) is 6.54 Å². The van der Waals surface area contributed by atoms with Crippen LogP contribution in [0.1, 0.15) is 31.5 Å². The lowest BCUT2D eigenvalue weighted by Gasteiger charge is -2.14. The van der Waals surface area contributed by atoms with Crippen LogP contribution >= 0.6 is 0 Å². The summed E-state index contributed by atoms with van der Waals surface area (Å²) in [5, 5.41) is 3.50. The first kappa shape index (κ1) is 9.28. The highest BCUT2D eigenvalue weighted by Crippen LogP contribution is 2.60. The highest BCUT2D eigenvalue weighted by molar-refractivity contribution is 5.05. The summed E-state index contributed by atoms with van der Waals surface area (Å²) in [6.45, 7) is 1.98. The van der Waals surface area contributed by atoms with Gasteiger partial charge in [0.15, 0.2) is 0 Å². The molecule has 2 aliphatic carbocycles. The van der Waals surface area contributed by atoms with E-state index < -0.39 is 0 Å². The fourth-order valence-electron chi connectivity index (χ4n) is 2.43. The van der Waals surface area contributed by atoms with Gasteiger partial charge in [-0.05, 0) is 43.1 Å². The molecule has 80 valence electrons. The fraction of sp³-hybridized carbons (Fsp3) is 0.667. The van der Waals surface area contributed by atoms with E-state index in [9.17, 15) is 0 Å². The number of hydrogen-bond acceptors (Lipinski definition) is 3. The van der Waals surface area contributed by atoms with E-state index in [1.807, 2.05) is 6.07 Å². The van der Waals surface area contributed by atoms with Crippen molar-refractivity contribution in [2.24, 2.45) is 11.3 Å². The third-order valence-corrected chi connectivity index (χ3v) is 3.72. The molecule has 0 amide bonds. The lowest BCUT2D eigenvalue weighted by Crippen LogP contribution is -2.25. The highest BCUT2D eigenvalue weighted by atomic mass is 15.0. The summed E-state index contributed by atoms with van der Waals surface area (Å²) in [5.74, 6) is 1.94. The zero-order valence-electron chi connectivity index (χ0n) is 8.95. The van der Waals surface area contributed by atoms with Crippen molar-refractivity contribution < 1.29 is 0 Å². The Morgan fingerprint density at radius 3 is 2.60 bits per heavy atom. The van der Waals surface area contributed by atoms with Gasteiger partial charge in [0.2, 0.25) is 0 Å². The number of rotatable bonds is 5. The zero-order valence-corrected chi connectivity index (χ0v) is 8.95. The first-order valence-electron chi connectivity index (χ1n) is 5.86. The van der Waals surface area contributed by atoms with Gasteiger partial charge < -0.3 is 5.32 Å². The lowest BCUT2D eigenvalue weighted by molar-refractivity contribution is 0.401. The molecule has 1 aromatic heterocycles. The average molecular weight is 203 g/mol. The molecule has 0 atom stereocenters. The second-order valence-corrected chi connectivity index (χ2v) is 4.91. The van der Waals surface area contributed by atoms with E-state index in [4.69, 9.17) is 0 Å². The number of nitrogens with one attached hydrogen (secondary N) is 1. The number of hydrogen-bond donors (Lipinski definition) is 1. The van der Waals surface area contributed by atoms with Crippen LogP contribution in [0.25, 0.3) is 0 Å². The fourth-order valence-corrected chi connectivity index (χ4v) is 2.43. The molecule has 0 saturated heterocycles. The predicted octanol–water partition coefficient (Wildman–Crippen LogP) is 1.76. The second-order valence-electron chi connectivity index (χ2n) is 4.91. The first-order chi connectivity index (χ1) is 7.39. The zero-order chi connectivity index (χ0) is 10.1. The van der Waals surface area contributed by atoms with Gasteiger partial charge in [-0.1, -0.05) is 0 Å². The molecular formula is C12H17N3. The molecule has 3 heteroatoms. The van der Waals surface area contributed by atoms with Crippen LogP contribution in [0.3, 0.4) is 0 Å². The molecule has 0 radical (unpaired) electrons. The Kier molecular flexibility index (Phi) is 2.20. The highest BCUT2D eigenvalue weighted by Gasteiger charge is 2.53. The Balaban J connectivity index is 1.47. The summed E-state index contributed by atoms with van der Waals surface area (Å²) >= 11 is 0. The monoisotopic (exact) mass is 203 g/mol. The minimum atomic E-state index is 0.675. The van der Waals surface area contributed by atoms with Gasteiger partial charge in [-0.2, -0.15) is 0 Å². The maximum Gasteiger partial charge on any atom is 0.141 e. The second kappa shape index (κ2) is 3.56. The van der Waals surface area contributed by atoms with Gasteiger partial charge in [0, 0.05) is 18.9 Å². The normalized spacial score (nSPS) is 22.7. The van der Waals surface area contributed by atoms with E-state index in [0.717, 1.165) is 24.8 Å². The summed E-state index contributed by atoms with van der Waals surface area (Å²) in [7, 11) is 0. The van der Waals surface area contributed by atoms with Gasteiger partial charge in [0.25, 0.3) is 0 Å². The van der Waals surface area contributed by atoms with Crippen molar-refractivity contribution in [3.63, 3.8) is 0 Å². The SMILES string of the molecule is c1cnc(CNCC2(C3CC3)CC2)nc1. The Morgan fingerprint density at radius 2 is 2.00 bits per heavy atom. The van der Waals surface area contributed by atoms with Crippen LogP contribution in [0.2, 0.25) is 0 Å². The quantitative estimate of drug-likeness (QED) is 0.792. The van der Waals surface area contributed by atoms with Crippen LogP contribution in [0.5, 0.6) is 0 Å². The van der Waals surface area contributed by atoms with Gasteiger partial charge in [-0.15, -0.1) is 0 Å². The Morgan fingerprint density at radius 1 is 1.27 bits per heavy atom. The molecule has 0 unspecified atom stereocenters. The van der Waals surface area contributed by atoms with Crippen molar-refractivity contribution in [1.29, 1.82) is 0 Å². The molecule has 0 spiro atoms. The summed E-state index contributed by atoms with van der Waals surface area (Å²) in [6.07, 6.45) is 9.39. The van der Waals surface area contributed by atoms with Crippen LogP contribution in [0, 0.1) is 11.3 Å². The van der Waals surface area contributed by atoms with E-state index in [1.54, 1.807) is 12.4 Å². The molecule has 3 rings (SSSR count). The first-order valence-corrected chi connectivity index (χ1v) is 5.86. The smallest absolute Gasteiger partial charge is 0.141 e. The van der Waals surface area contributed by atoms with Gasteiger partial charge in [-0.25, -0.2) is 9.97 Å². The minimum Gasteiger partial charge on any atom is -0.309 e. The van der Waals surface area contributed by atoms with Gasteiger partial charge in [0.05, 0.1) is 6.54 Å². The van der Waals surface area contributed by atoms with Crippen LogP contribution in [-0.4, -0.2) is 16.5 Å². The maximum absolute atomic E-state index is 4.21. The molecule has 2 fully saturated rings. The Hall–Kier alpha value is -0.960. The van der Waals surface area contributed by atoms with Crippen molar-refractivity contribution in [2.45, 2.75) is 32.2 Å². The Labute approximate surface area is 90.3 Å². The third kappa shape index (κ3) is 2.02. The molecule has 0 aliphatic heterocycles. The maximum atomic E-state index is 4.21. The summed E-state index contributed by atoms with van der Waals surface area (Å²) in [4.78, 5) is 8.41. The standard InChI is InChI=1S/C12H17N3/c1-6-14-11(15-7-1)8-13-9-12(4-5-12)10-2-3-10/h1,6-7,10,13H,2-5,8-9H2. The molecule has 2 aliphatic rings. The van der Waals surface area contributed by atoms with Crippen molar-refractivity contribution in [1.82, 2.24) is 15.3 Å². The van der Waals surface area contributed by atoms with Crippen molar-refractivity contribution in [2.75, 3.05) is 6.54 Å². The van der Waals surface area contributed by atoms with E-state index in [2.05, 4.69) is 15.3 Å². The lowest BCUT2D eigenvalue weighted by atomic mass is 10.0. The van der Waals surface area contributed by atoms with Crippen LogP contribution in [0.15, 0.2) is 18.5 Å². The third-order valence-electron chi connectivity index (χ3n) is 3.72. The minimum absolute atomic E-state index is 0.675. The molecule has 15 heavy (non-hydrogen) atoms. The van der Waals surface area contributed by atoms with E-state index in [1.165, 1.54) is 25.7 Å². The van der Waals surface area contributed by atoms with Crippen LogP contribution in [0.4, 0.5) is 0 Å². The molecular weight excluding hydrogens is 186 g/mol. The molecule has 1 aromatic rings. The van der Waals surface area contributed by atoms with Crippen molar-refractivity contribution in [3.05, 3.63) is 24.3 Å². The molecule has 1 N–H and O–H groups in total. The van der Waals surface area contributed by atoms with Crippen molar-refractivity contribution >= 4 is 0 Å². The van der Waals surface area contributed by atoms with Gasteiger partial charge >= 0.3 is 0 Å². The van der Waals surface area contributed by atoms with Crippen molar-refractivity contribution in [3.8, 4) is 0 Å². The molecule has 1 heterocycles. The summed E-state index contributed by atoms with van der Waals surface area (Å²) in [5.41, 5.74) is 0.675. The summed E-state index contributed by atoms with van der Waals surface area (Å²) < 4.78 is 0. The summed E-state index contributed by atoms with van der Waals surface area (Å²) in [6, 6.07) is 1.86. The van der Waals surface area contributed by atoms with E-state index in [0.29, 0.717) is 5.41 Å². The molecule has 2 saturated carbocycles. The number of nitrogens with zero attached hydrogens (tertiary/aromatic N) is 2. The van der Waals surface area contributed by atoms with Crippen LogP contribution < -0.4 is 5.32 Å². The van der Waals surface area contributed by atoms with Gasteiger partial charge in [-0.3, -0.25) is 0 Å². The molecule has 3 nitrogen and oxygen atoms in total. The largest absolute Gasteiger partial charge is 0.309 e. The topological polar surface area (TPSA) is 37.8 Å². The van der Waals surface area contributed by atoms with Gasteiger partial charge in [0.1, 0.15) is 5.82 Å².